The maximum absolute atomic E-state index is 12.4. The summed E-state index contributed by atoms with van der Waals surface area (Å²) in [7, 11) is 0. The fourth-order valence-corrected chi connectivity index (χ4v) is 3.42. The number of aromatic nitrogens is 1. The van der Waals surface area contributed by atoms with E-state index in [4.69, 9.17) is 9.47 Å². The van der Waals surface area contributed by atoms with Crippen LogP contribution < -0.4 is 4.74 Å². The molecule has 1 aromatic carbocycles. The van der Waals surface area contributed by atoms with Crippen LogP contribution in [0.2, 0.25) is 0 Å². The molecular formula is C19H22N2O4S. The van der Waals surface area contributed by atoms with Crippen LogP contribution in [-0.2, 0) is 16.1 Å². The third kappa shape index (κ3) is 4.82. The molecule has 0 aliphatic carbocycles. The molecule has 1 aliphatic heterocycles. The molecule has 0 bridgehead atoms. The van der Waals surface area contributed by atoms with Crippen molar-refractivity contribution in [3.05, 3.63) is 45.9 Å². The second kappa shape index (κ2) is 8.80. The number of carbonyl (C=O) groups is 2. The van der Waals surface area contributed by atoms with Crippen molar-refractivity contribution in [2.45, 2.75) is 32.8 Å². The van der Waals surface area contributed by atoms with E-state index in [1.165, 1.54) is 0 Å². The maximum atomic E-state index is 12.4. The summed E-state index contributed by atoms with van der Waals surface area (Å²) in [5.74, 6) is -0.275. The second-order valence-electron chi connectivity index (χ2n) is 6.16. The van der Waals surface area contributed by atoms with Gasteiger partial charge in [-0.25, -0.2) is 9.78 Å². The van der Waals surface area contributed by atoms with Crippen molar-refractivity contribution in [1.82, 2.24) is 9.88 Å². The SMILES string of the molecule is Cc1nc(COc2ccccc2C(=O)OCC(=O)N2CCCCC2)cs1. The predicted octanol–water partition coefficient (Wildman–Crippen LogP) is 3.20. The number of piperidine rings is 1. The Kier molecular flexibility index (Phi) is 6.22. The van der Waals surface area contributed by atoms with E-state index in [9.17, 15) is 9.59 Å². The maximum Gasteiger partial charge on any atom is 0.342 e. The molecule has 0 N–H and O–H groups in total. The van der Waals surface area contributed by atoms with Gasteiger partial charge in [0.15, 0.2) is 6.61 Å². The number of para-hydroxylation sites is 1. The Labute approximate surface area is 156 Å². The number of benzene rings is 1. The number of likely N-dealkylation sites (tertiary alicyclic amines) is 1. The van der Waals surface area contributed by atoms with Gasteiger partial charge in [-0.05, 0) is 38.3 Å². The predicted molar refractivity (Wildman–Crippen MR) is 98.3 cm³/mol. The fraction of sp³-hybridized carbons (Fsp3) is 0.421. The average Bonchev–Trinajstić information content (AvgIpc) is 3.10. The third-order valence-electron chi connectivity index (χ3n) is 4.18. The topological polar surface area (TPSA) is 68.7 Å². The highest BCUT2D eigenvalue weighted by Crippen LogP contribution is 2.21. The Morgan fingerprint density at radius 2 is 1.96 bits per heavy atom. The quantitative estimate of drug-likeness (QED) is 0.726. The van der Waals surface area contributed by atoms with Gasteiger partial charge in [-0.3, -0.25) is 4.79 Å². The number of ether oxygens (including phenoxy) is 2. The van der Waals surface area contributed by atoms with Crippen LogP contribution in [0.1, 0.15) is 40.3 Å². The zero-order chi connectivity index (χ0) is 18.4. The molecule has 0 radical (unpaired) electrons. The molecule has 1 amide bonds. The Balaban J connectivity index is 1.57. The van der Waals surface area contributed by atoms with Crippen LogP contribution in [0, 0.1) is 6.92 Å². The van der Waals surface area contributed by atoms with Crippen LogP contribution in [0.25, 0.3) is 0 Å². The van der Waals surface area contributed by atoms with Crippen LogP contribution in [-0.4, -0.2) is 41.5 Å². The van der Waals surface area contributed by atoms with Gasteiger partial charge < -0.3 is 14.4 Å². The number of rotatable bonds is 6. The first-order valence-corrected chi connectivity index (χ1v) is 9.59. The van der Waals surface area contributed by atoms with Crippen LogP contribution in [0.15, 0.2) is 29.6 Å². The van der Waals surface area contributed by atoms with E-state index in [0.717, 1.165) is 43.1 Å². The number of hydrogen-bond acceptors (Lipinski definition) is 6. The van der Waals surface area contributed by atoms with Crippen molar-refractivity contribution in [3.8, 4) is 5.75 Å². The van der Waals surface area contributed by atoms with Gasteiger partial charge in [0, 0.05) is 18.5 Å². The van der Waals surface area contributed by atoms with Crippen molar-refractivity contribution < 1.29 is 19.1 Å². The van der Waals surface area contributed by atoms with Gasteiger partial charge in [-0.1, -0.05) is 12.1 Å². The highest BCUT2D eigenvalue weighted by molar-refractivity contribution is 7.09. The Bertz CT molecular complexity index is 768. The van der Waals surface area contributed by atoms with Gasteiger partial charge in [-0.2, -0.15) is 0 Å². The first-order chi connectivity index (χ1) is 12.6. The van der Waals surface area contributed by atoms with Gasteiger partial charge in [0.05, 0.1) is 10.7 Å². The van der Waals surface area contributed by atoms with Crippen molar-refractivity contribution in [2.24, 2.45) is 0 Å². The molecule has 1 aliphatic rings. The van der Waals surface area contributed by atoms with E-state index in [0.29, 0.717) is 11.3 Å². The van der Waals surface area contributed by atoms with E-state index in [1.54, 1.807) is 40.5 Å². The summed E-state index contributed by atoms with van der Waals surface area (Å²) in [4.78, 5) is 30.6. The number of aryl methyl sites for hydroxylation is 1. The summed E-state index contributed by atoms with van der Waals surface area (Å²) in [6.07, 6.45) is 3.16. The minimum atomic E-state index is -0.555. The third-order valence-corrected chi connectivity index (χ3v) is 5.01. The number of hydrogen-bond donors (Lipinski definition) is 0. The molecule has 7 heteroatoms. The lowest BCUT2D eigenvalue weighted by Gasteiger charge is -2.26. The summed E-state index contributed by atoms with van der Waals surface area (Å²) in [6.45, 7) is 3.45. The van der Waals surface area contributed by atoms with Gasteiger partial charge in [0.2, 0.25) is 0 Å². The monoisotopic (exact) mass is 374 g/mol. The molecule has 2 aromatic rings. The number of esters is 1. The van der Waals surface area contributed by atoms with Gasteiger partial charge in [0.25, 0.3) is 5.91 Å². The molecule has 3 rings (SSSR count). The molecule has 138 valence electrons. The van der Waals surface area contributed by atoms with E-state index in [1.807, 2.05) is 12.3 Å². The Hall–Kier alpha value is -2.41. The first-order valence-electron chi connectivity index (χ1n) is 8.71. The minimum absolute atomic E-state index is 0.144. The number of amides is 1. The van der Waals surface area contributed by atoms with E-state index in [2.05, 4.69) is 4.98 Å². The Morgan fingerprint density at radius 3 is 2.69 bits per heavy atom. The van der Waals surface area contributed by atoms with E-state index in [-0.39, 0.29) is 19.1 Å². The molecule has 2 heterocycles. The zero-order valence-electron chi connectivity index (χ0n) is 14.8. The van der Waals surface area contributed by atoms with E-state index >= 15 is 0 Å². The molecule has 26 heavy (non-hydrogen) atoms. The van der Waals surface area contributed by atoms with Gasteiger partial charge in [-0.15, -0.1) is 11.3 Å². The standard InChI is InChI=1S/C19H22N2O4S/c1-14-20-15(13-26-14)11-24-17-8-4-3-7-16(17)19(23)25-12-18(22)21-9-5-2-6-10-21/h3-4,7-8,13H,2,5-6,9-12H2,1H3. The van der Waals surface area contributed by atoms with Crippen LogP contribution in [0.3, 0.4) is 0 Å². The lowest BCUT2D eigenvalue weighted by Crippen LogP contribution is -2.38. The van der Waals surface area contributed by atoms with Crippen molar-refractivity contribution >= 4 is 23.2 Å². The van der Waals surface area contributed by atoms with Crippen LogP contribution >= 0.6 is 11.3 Å². The van der Waals surface area contributed by atoms with Crippen molar-refractivity contribution in [2.75, 3.05) is 19.7 Å². The highest BCUT2D eigenvalue weighted by atomic mass is 32.1. The van der Waals surface area contributed by atoms with Crippen molar-refractivity contribution in [1.29, 1.82) is 0 Å². The number of thiazole rings is 1. The largest absolute Gasteiger partial charge is 0.486 e. The molecule has 1 aromatic heterocycles. The minimum Gasteiger partial charge on any atom is -0.486 e. The molecule has 0 spiro atoms. The summed E-state index contributed by atoms with van der Waals surface area (Å²) in [5, 5.41) is 2.89. The van der Waals surface area contributed by atoms with Crippen LogP contribution in [0.4, 0.5) is 0 Å². The zero-order valence-corrected chi connectivity index (χ0v) is 15.6. The van der Waals surface area contributed by atoms with E-state index < -0.39 is 5.97 Å². The summed E-state index contributed by atoms with van der Waals surface area (Å²) in [6, 6.07) is 6.87. The van der Waals surface area contributed by atoms with Gasteiger partial charge >= 0.3 is 5.97 Å². The molecule has 6 nitrogen and oxygen atoms in total. The lowest BCUT2D eigenvalue weighted by molar-refractivity contribution is -0.135. The first kappa shape index (κ1) is 18.4. The fourth-order valence-electron chi connectivity index (χ4n) is 2.83. The summed E-state index contributed by atoms with van der Waals surface area (Å²) in [5.41, 5.74) is 1.13. The second-order valence-corrected chi connectivity index (χ2v) is 7.22. The summed E-state index contributed by atoms with van der Waals surface area (Å²) >= 11 is 1.55. The molecular weight excluding hydrogens is 352 g/mol. The normalized spacial score (nSPS) is 14.1. The molecule has 0 saturated carbocycles. The molecule has 0 unspecified atom stereocenters. The molecule has 1 saturated heterocycles. The summed E-state index contributed by atoms with van der Waals surface area (Å²) < 4.78 is 10.9. The van der Waals surface area contributed by atoms with Crippen LogP contribution in [0.5, 0.6) is 5.75 Å². The number of carbonyl (C=O) groups excluding carboxylic acids is 2. The highest BCUT2D eigenvalue weighted by Gasteiger charge is 2.20. The molecule has 1 fully saturated rings. The Morgan fingerprint density at radius 1 is 1.19 bits per heavy atom. The lowest BCUT2D eigenvalue weighted by atomic mass is 10.1. The average molecular weight is 374 g/mol. The van der Waals surface area contributed by atoms with Gasteiger partial charge in [0.1, 0.15) is 17.9 Å². The van der Waals surface area contributed by atoms with Crippen molar-refractivity contribution in [3.63, 3.8) is 0 Å². The number of nitrogens with zero attached hydrogens (tertiary/aromatic N) is 2. The smallest absolute Gasteiger partial charge is 0.342 e. The molecule has 0 atom stereocenters.